The molecule has 1 aromatic carbocycles. The van der Waals surface area contributed by atoms with Gasteiger partial charge in [0, 0.05) is 15.9 Å². The Labute approximate surface area is 127 Å². The number of sulfonamides is 1. The number of benzene rings is 1. The van der Waals surface area contributed by atoms with Gasteiger partial charge in [0.2, 0.25) is 10.0 Å². The van der Waals surface area contributed by atoms with Gasteiger partial charge in [0.25, 0.3) is 0 Å². The zero-order valence-electron chi connectivity index (χ0n) is 10.5. The summed E-state index contributed by atoms with van der Waals surface area (Å²) in [5.41, 5.74) is 0. The van der Waals surface area contributed by atoms with Crippen molar-refractivity contribution < 1.29 is 8.42 Å². The van der Waals surface area contributed by atoms with Crippen molar-refractivity contribution in [3.05, 3.63) is 28.7 Å². The molecule has 1 aliphatic carbocycles. The van der Waals surface area contributed by atoms with Crippen molar-refractivity contribution in [2.75, 3.05) is 0 Å². The zero-order chi connectivity index (χ0) is 13.9. The normalized spacial score (nSPS) is 24.9. The summed E-state index contributed by atoms with van der Waals surface area (Å²) in [5.74, 6) is 0. The van der Waals surface area contributed by atoms with Gasteiger partial charge in [-0.2, -0.15) is 0 Å². The molecular weight excluding hydrogens is 350 g/mol. The van der Waals surface area contributed by atoms with E-state index >= 15 is 0 Å². The number of hydrogen-bond donors (Lipinski definition) is 1. The van der Waals surface area contributed by atoms with E-state index in [-0.39, 0.29) is 16.3 Å². The molecule has 2 atom stereocenters. The standard InChI is InChI=1S/C13H17BrClNO2S/c14-10-5-4-6-11(9-10)19(17,18)16-13-8-3-1-2-7-12(13)15/h4-6,9,12-13,16H,1-3,7-8H2. The van der Waals surface area contributed by atoms with E-state index in [0.29, 0.717) is 0 Å². The van der Waals surface area contributed by atoms with Gasteiger partial charge in [-0.25, -0.2) is 13.1 Å². The van der Waals surface area contributed by atoms with Crippen molar-refractivity contribution in [1.82, 2.24) is 4.72 Å². The van der Waals surface area contributed by atoms with Gasteiger partial charge >= 0.3 is 0 Å². The van der Waals surface area contributed by atoms with Crippen molar-refractivity contribution in [2.45, 2.75) is 48.4 Å². The predicted molar refractivity (Wildman–Crippen MR) is 81.0 cm³/mol. The molecule has 1 fully saturated rings. The van der Waals surface area contributed by atoms with E-state index in [1.54, 1.807) is 24.3 Å². The fourth-order valence-corrected chi connectivity index (χ4v) is 4.62. The van der Waals surface area contributed by atoms with Crippen molar-refractivity contribution in [2.24, 2.45) is 0 Å². The van der Waals surface area contributed by atoms with Crippen LogP contribution in [0.15, 0.2) is 33.6 Å². The average molecular weight is 367 g/mol. The van der Waals surface area contributed by atoms with Gasteiger partial charge in [0.15, 0.2) is 0 Å². The summed E-state index contributed by atoms with van der Waals surface area (Å²) in [4.78, 5) is 0.273. The number of halogens is 2. The van der Waals surface area contributed by atoms with Gasteiger partial charge in [0.05, 0.1) is 4.90 Å². The average Bonchev–Trinajstić information content (AvgIpc) is 2.55. The topological polar surface area (TPSA) is 46.2 Å². The van der Waals surface area contributed by atoms with Crippen molar-refractivity contribution in [3.8, 4) is 0 Å². The lowest BCUT2D eigenvalue weighted by Crippen LogP contribution is -2.40. The number of nitrogens with one attached hydrogen (secondary N) is 1. The number of rotatable bonds is 3. The van der Waals surface area contributed by atoms with Gasteiger partial charge in [-0.1, -0.05) is 41.3 Å². The van der Waals surface area contributed by atoms with E-state index in [0.717, 1.165) is 36.6 Å². The van der Waals surface area contributed by atoms with Gasteiger partial charge in [-0.15, -0.1) is 11.6 Å². The summed E-state index contributed by atoms with van der Waals surface area (Å²) in [6, 6.07) is 6.53. The molecule has 0 amide bonds. The third kappa shape index (κ3) is 4.18. The first kappa shape index (κ1) is 15.3. The molecule has 6 heteroatoms. The number of alkyl halides is 1. The predicted octanol–water partition coefficient (Wildman–Crippen LogP) is 3.67. The summed E-state index contributed by atoms with van der Waals surface area (Å²) in [6.45, 7) is 0. The summed E-state index contributed by atoms with van der Waals surface area (Å²) in [6.07, 6.45) is 4.89. The highest BCUT2D eigenvalue weighted by molar-refractivity contribution is 9.10. The van der Waals surface area contributed by atoms with Crippen molar-refractivity contribution >= 4 is 37.6 Å². The van der Waals surface area contributed by atoms with E-state index < -0.39 is 10.0 Å². The maximum atomic E-state index is 12.3. The Hall–Kier alpha value is -0.100. The largest absolute Gasteiger partial charge is 0.240 e. The summed E-state index contributed by atoms with van der Waals surface area (Å²) in [7, 11) is -3.50. The molecule has 1 aliphatic rings. The van der Waals surface area contributed by atoms with Crippen LogP contribution in [0.3, 0.4) is 0 Å². The van der Waals surface area contributed by atoms with Gasteiger partial charge in [-0.05, 0) is 31.0 Å². The first-order chi connectivity index (χ1) is 8.99. The van der Waals surface area contributed by atoms with Crippen LogP contribution in [0.5, 0.6) is 0 Å². The van der Waals surface area contributed by atoms with Crippen LogP contribution in [0.4, 0.5) is 0 Å². The zero-order valence-corrected chi connectivity index (χ0v) is 13.6. The smallest absolute Gasteiger partial charge is 0.207 e. The Morgan fingerprint density at radius 1 is 1.21 bits per heavy atom. The monoisotopic (exact) mass is 365 g/mol. The summed E-state index contributed by atoms with van der Waals surface area (Å²) < 4.78 is 28.1. The lowest BCUT2D eigenvalue weighted by molar-refractivity contribution is 0.514. The second kappa shape index (κ2) is 6.57. The molecule has 2 unspecified atom stereocenters. The molecule has 19 heavy (non-hydrogen) atoms. The Morgan fingerprint density at radius 2 is 1.95 bits per heavy atom. The maximum absolute atomic E-state index is 12.3. The molecule has 0 saturated heterocycles. The minimum absolute atomic E-state index is 0.121. The number of hydrogen-bond acceptors (Lipinski definition) is 2. The molecule has 0 aliphatic heterocycles. The van der Waals surface area contributed by atoms with Crippen LogP contribution in [-0.4, -0.2) is 19.8 Å². The Morgan fingerprint density at radius 3 is 2.68 bits per heavy atom. The summed E-state index contributed by atoms with van der Waals surface area (Å²) >= 11 is 9.56. The van der Waals surface area contributed by atoms with Gasteiger partial charge in [-0.3, -0.25) is 0 Å². The lowest BCUT2D eigenvalue weighted by Gasteiger charge is -2.21. The van der Waals surface area contributed by atoms with Crippen molar-refractivity contribution in [1.29, 1.82) is 0 Å². The minimum Gasteiger partial charge on any atom is -0.207 e. The highest BCUT2D eigenvalue weighted by Gasteiger charge is 2.27. The van der Waals surface area contributed by atoms with Crippen LogP contribution in [0.2, 0.25) is 0 Å². The van der Waals surface area contributed by atoms with Crippen LogP contribution in [0.25, 0.3) is 0 Å². The third-order valence-corrected chi connectivity index (χ3v) is 5.85. The van der Waals surface area contributed by atoms with Crippen LogP contribution < -0.4 is 4.72 Å². The van der Waals surface area contributed by atoms with Gasteiger partial charge in [0.1, 0.15) is 0 Å². The maximum Gasteiger partial charge on any atom is 0.240 e. The molecule has 0 bridgehead atoms. The molecule has 1 aromatic rings. The van der Waals surface area contributed by atoms with Crippen LogP contribution >= 0.6 is 27.5 Å². The molecule has 0 aromatic heterocycles. The second-order valence-electron chi connectivity index (χ2n) is 4.84. The minimum atomic E-state index is -3.50. The molecule has 1 N–H and O–H groups in total. The molecule has 0 spiro atoms. The fourth-order valence-electron chi connectivity index (χ4n) is 2.30. The van der Waals surface area contributed by atoms with E-state index in [1.807, 2.05) is 0 Å². The highest BCUT2D eigenvalue weighted by atomic mass is 79.9. The Balaban J connectivity index is 2.16. The molecule has 0 heterocycles. The van der Waals surface area contributed by atoms with Crippen molar-refractivity contribution in [3.63, 3.8) is 0 Å². The third-order valence-electron chi connectivity index (χ3n) is 3.34. The highest BCUT2D eigenvalue weighted by Crippen LogP contribution is 2.24. The molecule has 106 valence electrons. The Bertz CT molecular complexity index is 535. The molecule has 0 radical (unpaired) electrons. The van der Waals surface area contributed by atoms with E-state index in [4.69, 9.17) is 11.6 Å². The summed E-state index contributed by atoms with van der Waals surface area (Å²) in [5, 5.41) is -0.121. The first-order valence-corrected chi connectivity index (χ1v) is 9.12. The van der Waals surface area contributed by atoms with E-state index in [9.17, 15) is 8.42 Å². The van der Waals surface area contributed by atoms with Crippen LogP contribution in [0.1, 0.15) is 32.1 Å². The van der Waals surface area contributed by atoms with Crippen LogP contribution in [-0.2, 0) is 10.0 Å². The molecular formula is C13H17BrClNO2S. The first-order valence-electron chi connectivity index (χ1n) is 6.41. The molecule has 1 saturated carbocycles. The van der Waals surface area contributed by atoms with E-state index in [2.05, 4.69) is 20.7 Å². The molecule has 3 nitrogen and oxygen atoms in total. The lowest BCUT2D eigenvalue weighted by atomic mass is 10.1. The Kier molecular flexibility index (Phi) is 5.29. The quantitative estimate of drug-likeness (QED) is 0.655. The molecule has 2 rings (SSSR count). The van der Waals surface area contributed by atoms with E-state index in [1.165, 1.54) is 0 Å². The fraction of sp³-hybridized carbons (Fsp3) is 0.538. The van der Waals surface area contributed by atoms with Crippen LogP contribution in [0, 0.1) is 0 Å². The van der Waals surface area contributed by atoms with Gasteiger partial charge < -0.3 is 0 Å². The second-order valence-corrected chi connectivity index (χ2v) is 8.03. The SMILES string of the molecule is O=S(=O)(NC1CCCCCC1Cl)c1cccc(Br)c1.